The third-order valence-corrected chi connectivity index (χ3v) is 5.61. The van der Waals surface area contributed by atoms with Gasteiger partial charge in [-0.3, -0.25) is 9.78 Å². The number of carbonyl (C=O) groups is 1. The van der Waals surface area contributed by atoms with E-state index in [0.29, 0.717) is 11.3 Å². The van der Waals surface area contributed by atoms with E-state index in [1.807, 2.05) is 6.07 Å². The Bertz CT molecular complexity index is 1100. The molecular formula is C21H20F4N6O3. The molecule has 0 N–H and O–H groups in total. The van der Waals surface area contributed by atoms with Gasteiger partial charge in [0.25, 0.3) is 18.2 Å². The van der Waals surface area contributed by atoms with Gasteiger partial charge < -0.3 is 19.3 Å². The van der Waals surface area contributed by atoms with Crippen molar-refractivity contribution in [2.75, 3.05) is 37.7 Å². The molecule has 4 heterocycles. The summed E-state index contributed by atoms with van der Waals surface area (Å²) >= 11 is 0. The van der Waals surface area contributed by atoms with Crippen molar-refractivity contribution in [1.82, 2.24) is 19.9 Å². The third kappa shape index (κ3) is 4.80. The number of halogens is 4. The molecule has 2 aromatic rings. The fourth-order valence-corrected chi connectivity index (χ4v) is 3.87. The van der Waals surface area contributed by atoms with Crippen LogP contribution >= 0.6 is 0 Å². The number of nitriles is 1. The topological polar surface area (TPSA) is 104 Å². The Hall–Kier alpha value is -3.69. The molecule has 0 atom stereocenters. The van der Waals surface area contributed by atoms with E-state index in [4.69, 9.17) is 4.74 Å². The van der Waals surface area contributed by atoms with Gasteiger partial charge in [0.15, 0.2) is 12.3 Å². The first-order chi connectivity index (χ1) is 16.3. The number of hydrogen-bond donors (Lipinski definition) is 0. The number of rotatable bonds is 5. The Morgan fingerprint density at radius 3 is 2.74 bits per heavy atom. The molecule has 0 aromatic carbocycles. The number of nitrogens with zero attached hydrogens (tertiary/aromatic N) is 6. The minimum Gasteiger partial charge on any atom is -0.490 e. The van der Waals surface area contributed by atoms with Crippen LogP contribution in [0.5, 0.6) is 11.6 Å². The number of carbonyl (C=O) groups excluding carboxylic acids is 1. The van der Waals surface area contributed by atoms with E-state index >= 15 is 4.39 Å². The summed E-state index contributed by atoms with van der Waals surface area (Å²) in [5.74, 6) is -1.98. The summed E-state index contributed by atoms with van der Waals surface area (Å²) < 4.78 is 64.5. The van der Waals surface area contributed by atoms with Gasteiger partial charge in [0.05, 0.1) is 19.3 Å². The SMILES string of the molecule is N#Cc1cncc2c1OCCN(C(=O)C1(F)CCN(c3ncc(F)c(OCC(F)F)n3)CC1)C2. The zero-order chi connectivity index (χ0) is 24.3. The van der Waals surface area contributed by atoms with Crippen molar-refractivity contribution >= 4 is 11.9 Å². The lowest BCUT2D eigenvalue weighted by molar-refractivity contribution is -0.146. The van der Waals surface area contributed by atoms with Crippen LogP contribution in [0.4, 0.5) is 23.5 Å². The van der Waals surface area contributed by atoms with Crippen LogP contribution in [0.2, 0.25) is 0 Å². The quantitative estimate of drug-likeness (QED) is 0.601. The zero-order valence-electron chi connectivity index (χ0n) is 17.9. The van der Waals surface area contributed by atoms with Crippen molar-refractivity contribution in [3.63, 3.8) is 0 Å². The maximum Gasteiger partial charge on any atom is 0.272 e. The summed E-state index contributed by atoms with van der Waals surface area (Å²) in [5, 5.41) is 9.22. The van der Waals surface area contributed by atoms with Gasteiger partial charge in [-0.2, -0.15) is 14.6 Å². The minimum atomic E-state index is -2.80. The summed E-state index contributed by atoms with van der Waals surface area (Å²) in [6.07, 6.45) is 0.480. The Kier molecular flexibility index (Phi) is 6.67. The van der Waals surface area contributed by atoms with Crippen LogP contribution in [-0.2, 0) is 11.3 Å². The van der Waals surface area contributed by atoms with Crippen LogP contribution in [0.1, 0.15) is 24.0 Å². The smallest absolute Gasteiger partial charge is 0.272 e. The normalized spacial score (nSPS) is 17.4. The minimum absolute atomic E-state index is 0.00706. The van der Waals surface area contributed by atoms with Crippen LogP contribution in [0.3, 0.4) is 0 Å². The molecular weight excluding hydrogens is 460 g/mol. The molecule has 0 saturated carbocycles. The van der Waals surface area contributed by atoms with Gasteiger partial charge in [-0.25, -0.2) is 18.2 Å². The molecule has 0 unspecified atom stereocenters. The molecule has 0 radical (unpaired) electrons. The average molecular weight is 480 g/mol. The maximum absolute atomic E-state index is 15.7. The molecule has 0 aliphatic carbocycles. The number of hydrogen-bond acceptors (Lipinski definition) is 8. The third-order valence-electron chi connectivity index (χ3n) is 5.61. The van der Waals surface area contributed by atoms with E-state index in [2.05, 4.69) is 19.7 Å². The van der Waals surface area contributed by atoms with E-state index in [-0.39, 0.29) is 57.1 Å². The van der Waals surface area contributed by atoms with Gasteiger partial charge in [0.1, 0.15) is 24.0 Å². The predicted octanol–water partition coefficient (Wildman–Crippen LogP) is 2.26. The fraction of sp³-hybridized carbons (Fsp3) is 0.476. The standard InChI is InChI=1S/C21H20F4N6O3/c22-15-10-28-20(29-18(15)34-12-16(23)24)30-3-1-21(25,2-4-30)19(32)31-5-6-33-17-13(7-26)8-27-9-14(17)11-31/h8-10,16H,1-6,11-12H2. The van der Waals surface area contributed by atoms with Crippen molar-refractivity contribution in [3.8, 4) is 17.7 Å². The van der Waals surface area contributed by atoms with Crippen LogP contribution in [0.15, 0.2) is 18.6 Å². The monoisotopic (exact) mass is 480 g/mol. The number of pyridine rings is 1. The molecule has 2 aliphatic heterocycles. The molecule has 0 spiro atoms. The summed E-state index contributed by atoms with van der Waals surface area (Å²) in [6, 6.07) is 1.99. The first-order valence-corrected chi connectivity index (χ1v) is 10.5. The van der Waals surface area contributed by atoms with Crippen LogP contribution < -0.4 is 14.4 Å². The highest BCUT2D eigenvalue weighted by Gasteiger charge is 2.45. The first kappa shape index (κ1) is 23.5. The second-order valence-corrected chi connectivity index (χ2v) is 7.84. The molecule has 9 nitrogen and oxygen atoms in total. The molecule has 2 aromatic heterocycles. The van der Waals surface area contributed by atoms with Crippen molar-refractivity contribution in [2.45, 2.75) is 31.5 Å². The van der Waals surface area contributed by atoms with Crippen molar-refractivity contribution in [2.24, 2.45) is 0 Å². The number of amides is 1. The van der Waals surface area contributed by atoms with Gasteiger partial charge in [-0.1, -0.05) is 0 Å². The van der Waals surface area contributed by atoms with E-state index in [0.717, 1.165) is 6.20 Å². The lowest BCUT2D eigenvalue weighted by Crippen LogP contribution is -2.53. The van der Waals surface area contributed by atoms with Crippen molar-refractivity contribution < 1.29 is 31.8 Å². The second-order valence-electron chi connectivity index (χ2n) is 7.84. The number of fused-ring (bicyclic) bond motifs is 1. The Balaban J connectivity index is 1.43. The van der Waals surface area contributed by atoms with Gasteiger partial charge in [-0.15, -0.1) is 0 Å². The highest BCUT2D eigenvalue weighted by molar-refractivity contribution is 5.85. The van der Waals surface area contributed by atoms with E-state index in [1.54, 1.807) is 0 Å². The van der Waals surface area contributed by atoms with Gasteiger partial charge >= 0.3 is 0 Å². The number of anilines is 1. The molecule has 1 amide bonds. The number of ether oxygens (including phenoxy) is 2. The second kappa shape index (κ2) is 9.66. The van der Waals surface area contributed by atoms with E-state index in [1.165, 1.54) is 22.2 Å². The van der Waals surface area contributed by atoms with Gasteiger partial charge in [0, 0.05) is 43.9 Å². The van der Waals surface area contributed by atoms with Crippen LogP contribution in [0, 0.1) is 17.1 Å². The molecule has 1 saturated heterocycles. The van der Waals surface area contributed by atoms with Crippen molar-refractivity contribution in [1.29, 1.82) is 5.26 Å². The maximum atomic E-state index is 15.7. The Labute approximate surface area is 191 Å². The number of piperidine rings is 1. The molecule has 0 bridgehead atoms. The predicted molar refractivity (Wildman–Crippen MR) is 109 cm³/mol. The number of aromatic nitrogens is 3. The summed E-state index contributed by atoms with van der Waals surface area (Å²) in [6.45, 7) is -0.641. The van der Waals surface area contributed by atoms with E-state index in [9.17, 15) is 23.2 Å². The molecule has 180 valence electrons. The van der Waals surface area contributed by atoms with Crippen LogP contribution in [0.25, 0.3) is 0 Å². The highest BCUT2D eigenvalue weighted by Crippen LogP contribution is 2.33. The highest BCUT2D eigenvalue weighted by atomic mass is 19.3. The molecule has 34 heavy (non-hydrogen) atoms. The Morgan fingerprint density at radius 2 is 2.03 bits per heavy atom. The van der Waals surface area contributed by atoms with Crippen LogP contribution in [-0.4, -0.2) is 70.7 Å². The van der Waals surface area contributed by atoms with Gasteiger partial charge in [-0.05, 0) is 0 Å². The largest absolute Gasteiger partial charge is 0.490 e. The zero-order valence-corrected chi connectivity index (χ0v) is 17.9. The molecule has 4 rings (SSSR count). The van der Waals surface area contributed by atoms with Gasteiger partial charge in [0.2, 0.25) is 11.8 Å². The lowest BCUT2D eigenvalue weighted by atomic mass is 9.91. The van der Waals surface area contributed by atoms with Crippen molar-refractivity contribution in [3.05, 3.63) is 35.5 Å². The summed E-state index contributed by atoms with van der Waals surface area (Å²) in [7, 11) is 0. The summed E-state index contributed by atoms with van der Waals surface area (Å²) in [5.41, 5.74) is -1.40. The molecule has 2 aliphatic rings. The first-order valence-electron chi connectivity index (χ1n) is 10.5. The molecule has 1 fully saturated rings. The molecule has 13 heteroatoms. The fourth-order valence-electron chi connectivity index (χ4n) is 3.87. The Morgan fingerprint density at radius 1 is 1.26 bits per heavy atom. The lowest BCUT2D eigenvalue weighted by Gasteiger charge is -2.37. The summed E-state index contributed by atoms with van der Waals surface area (Å²) in [4.78, 5) is 27.6. The average Bonchev–Trinajstić information content (AvgIpc) is 3.06. The number of alkyl halides is 3. The van der Waals surface area contributed by atoms with E-state index < -0.39 is 36.3 Å².